The summed E-state index contributed by atoms with van der Waals surface area (Å²) in [7, 11) is 3.56. The summed E-state index contributed by atoms with van der Waals surface area (Å²) in [4.78, 5) is 26.5. The molecule has 0 saturated carbocycles. The Kier molecular flexibility index (Phi) is 5.46. The molecule has 1 aromatic rings. The van der Waals surface area contributed by atoms with Crippen LogP contribution in [0.3, 0.4) is 0 Å². The van der Waals surface area contributed by atoms with Crippen molar-refractivity contribution in [2.24, 2.45) is 5.73 Å². The topological polar surface area (TPSA) is 78.6 Å². The second kappa shape index (κ2) is 7.33. The standard InChI is InChI=1S/C14H24N6O/c1-18(2)13(21)10-12(11-15)19-6-8-20(9-7-19)14-16-4-3-5-17-14/h3-5,12H,6-11,15H2,1-2H3. The van der Waals surface area contributed by atoms with Crippen molar-refractivity contribution < 1.29 is 4.79 Å². The number of carbonyl (C=O) groups excluding carboxylic acids is 1. The van der Waals surface area contributed by atoms with Crippen LogP contribution < -0.4 is 10.6 Å². The summed E-state index contributed by atoms with van der Waals surface area (Å²) in [6.45, 7) is 3.97. The van der Waals surface area contributed by atoms with E-state index in [4.69, 9.17) is 5.73 Å². The van der Waals surface area contributed by atoms with Crippen molar-refractivity contribution in [2.75, 3.05) is 51.7 Å². The lowest BCUT2D eigenvalue weighted by Crippen LogP contribution is -2.53. The van der Waals surface area contributed by atoms with Crippen LogP contribution in [0.25, 0.3) is 0 Å². The van der Waals surface area contributed by atoms with Gasteiger partial charge in [0.05, 0.1) is 0 Å². The molecule has 2 heterocycles. The molecule has 1 aliphatic rings. The highest BCUT2D eigenvalue weighted by Crippen LogP contribution is 2.13. The van der Waals surface area contributed by atoms with Crippen molar-refractivity contribution in [1.29, 1.82) is 0 Å². The van der Waals surface area contributed by atoms with E-state index in [0.717, 1.165) is 32.1 Å². The third kappa shape index (κ3) is 4.12. The highest BCUT2D eigenvalue weighted by Gasteiger charge is 2.26. The van der Waals surface area contributed by atoms with Crippen molar-refractivity contribution in [1.82, 2.24) is 19.8 Å². The Morgan fingerprint density at radius 2 is 1.90 bits per heavy atom. The molecular formula is C14H24N6O. The van der Waals surface area contributed by atoms with Crippen molar-refractivity contribution in [3.8, 4) is 0 Å². The molecule has 116 valence electrons. The van der Waals surface area contributed by atoms with Gasteiger partial charge in [-0.2, -0.15) is 0 Å². The van der Waals surface area contributed by atoms with Crippen molar-refractivity contribution in [3.05, 3.63) is 18.5 Å². The Bertz CT molecular complexity index is 444. The van der Waals surface area contributed by atoms with Crippen molar-refractivity contribution >= 4 is 11.9 Å². The molecule has 2 N–H and O–H groups in total. The number of amides is 1. The van der Waals surface area contributed by atoms with Crippen LogP contribution in [-0.4, -0.2) is 78.5 Å². The normalized spacial score (nSPS) is 17.6. The van der Waals surface area contributed by atoms with Crippen LogP contribution in [0.1, 0.15) is 6.42 Å². The number of anilines is 1. The number of hydrogen-bond donors (Lipinski definition) is 1. The van der Waals surface area contributed by atoms with E-state index in [2.05, 4.69) is 19.8 Å². The van der Waals surface area contributed by atoms with E-state index in [0.29, 0.717) is 13.0 Å². The first-order chi connectivity index (χ1) is 10.1. The number of piperazine rings is 1. The van der Waals surface area contributed by atoms with Gasteiger partial charge in [0.2, 0.25) is 11.9 Å². The molecular weight excluding hydrogens is 268 g/mol. The first-order valence-corrected chi connectivity index (χ1v) is 7.28. The minimum absolute atomic E-state index is 0.110. The first-order valence-electron chi connectivity index (χ1n) is 7.28. The molecule has 1 atom stereocenters. The quantitative estimate of drug-likeness (QED) is 0.781. The summed E-state index contributed by atoms with van der Waals surface area (Å²) < 4.78 is 0. The van der Waals surface area contributed by atoms with Crippen LogP contribution in [0.2, 0.25) is 0 Å². The molecule has 0 aliphatic carbocycles. The predicted octanol–water partition coefficient (Wildman–Crippen LogP) is -0.596. The largest absolute Gasteiger partial charge is 0.349 e. The summed E-state index contributed by atoms with van der Waals surface area (Å²) in [5, 5.41) is 0. The van der Waals surface area contributed by atoms with Crippen LogP contribution in [0.4, 0.5) is 5.95 Å². The van der Waals surface area contributed by atoms with E-state index in [1.807, 2.05) is 6.07 Å². The van der Waals surface area contributed by atoms with Crippen LogP contribution in [-0.2, 0) is 4.79 Å². The smallest absolute Gasteiger partial charge is 0.225 e. The number of carbonyl (C=O) groups is 1. The third-order valence-electron chi connectivity index (χ3n) is 3.85. The summed E-state index contributed by atoms with van der Waals surface area (Å²) in [5.41, 5.74) is 5.85. The van der Waals surface area contributed by atoms with E-state index < -0.39 is 0 Å². The van der Waals surface area contributed by atoms with E-state index in [1.54, 1.807) is 31.4 Å². The molecule has 2 rings (SSSR count). The maximum atomic E-state index is 11.9. The molecule has 1 saturated heterocycles. The average molecular weight is 292 g/mol. The monoisotopic (exact) mass is 292 g/mol. The van der Waals surface area contributed by atoms with Gasteiger partial charge in [0.1, 0.15) is 0 Å². The van der Waals surface area contributed by atoms with Crippen LogP contribution in [0, 0.1) is 0 Å². The fourth-order valence-electron chi connectivity index (χ4n) is 2.49. The molecule has 7 heteroatoms. The highest BCUT2D eigenvalue weighted by atomic mass is 16.2. The fraction of sp³-hybridized carbons (Fsp3) is 0.643. The number of nitrogens with zero attached hydrogens (tertiary/aromatic N) is 5. The van der Waals surface area contributed by atoms with Gasteiger partial charge in [0.15, 0.2) is 0 Å². The Balaban J connectivity index is 1.88. The highest BCUT2D eigenvalue weighted by molar-refractivity contribution is 5.76. The molecule has 1 aromatic heterocycles. The van der Waals surface area contributed by atoms with Gasteiger partial charge in [-0.3, -0.25) is 9.69 Å². The Labute approximate surface area is 125 Å². The number of rotatable bonds is 5. The molecule has 1 unspecified atom stereocenters. The van der Waals surface area contributed by atoms with Gasteiger partial charge < -0.3 is 15.5 Å². The number of aromatic nitrogens is 2. The van der Waals surface area contributed by atoms with Gasteiger partial charge in [-0.25, -0.2) is 9.97 Å². The molecule has 1 fully saturated rings. The van der Waals surface area contributed by atoms with Gasteiger partial charge in [-0.1, -0.05) is 0 Å². The lowest BCUT2D eigenvalue weighted by atomic mass is 10.1. The second-order valence-corrected chi connectivity index (χ2v) is 5.45. The summed E-state index contributed by atoms with van der Waals surface area (Å²) >= 11 is 0. The lowest BCUT2D eigenvalue weighted by Gasteiger charge is -2.38. The number of hydrogen-bond acceptors (Lipinski definition) is 6. The summed E-state index contributed by atoms with van der Waals surface area (Å²) in [5.74, 6) is 0.894. The zero-order valence-corrected chi connectivity index (χ0v) is 12.8. The van der Waals surface area contributed by atoms with Crippen LogP contribution in [0.5, 0.6) is 0 Å². The van der Waals surface area contributed by atoms with E-state index in [1.165, 1.54) is 0 Å². The summed E-state index contributed by atoms with van der Waals surface area (Å²) in [6.07, 6.45) is 3.99. The molecule has 1 amide bonds. The fourth-order valence-corrected chi connectivity index (χ4v) is 2.49. The Hall–Kier alpha value is -1.73. The van der Waals surface area contributed by atoms with Crippen molar-refractivity contribution in [3.63, 3.8) is 0 Å². The molecule has 21 heavy (non-hydrogen) atoms. The van der Waals surface area contributed by atoms with E-state index in [-0.39, 0.29) is 11.9 Å². The van der Waals surface area contributed by atoms with Gasteiger partial charge in [0, 0.05) is 71.7 Å². The summed E-state index contributed by atoms with van der Waals surface area (Å²) in [6, 6.07) is 1.93. The van der Waals surface area contributed by atoms with E-state index >= 15 is 0 Å². The van der Waals surface area contributed by atoms with Gasteiger partial charge in [0.25, 0.3) is 0 Å². The molecule has 0 aromatic carbocycles. The maximum Gasteiger partial charge on any atom is 0.225 e. The lowest BCUT2D eigenvalue weighted by molar-refractivity contribution is -0.130. The van der Waals surface area contributed by atoms with Crippen molar-refractivity contribution in [2.45, 2.75) is 12.5 Å². The Morgan fingerprint density at radius 1 is 1.29 bits per heavy atom. The molecule has 7 nitrogen and oxygen atoms in total. The van der Waals surface area contributed by atoms with Gasteiger partial charge in [-0.05, 0) is 6.07 Å². The van der Waals surface area contributed by atoms with Crippen LogP contribution in [0.15, 0.2) is 18.5 Å². The molecule has 0 spiro atoms. The second-order valence-electron chi connectivity index (χ2n) is 5.45. The van der Waals surface area contributed by atoms with Gasteiger partial charge in [-0.15, -0.1) is 0 Å². The first kappa shape index (κ1) is 15.7. The zero-order chi connectivity index (χ0) is 15.2. The average Bonchev–Trinajstić information content (AvgIpc) is 2.53. The van der Waals surface area contributed by atoms with Gasteiger partial charge >= 0.3 is 0 Å². The molecule has 0 bridgehead atoms. The number of nitrogens with two attached hydrogens (primary N) is 1. The third-order valence-corrected chi connectivity index (χ3v) is 3.85. The predicted molar refractivity (Wildman–Crippen MR) is 82.0 cm³/mol. The SMILES string of the molecule is CN(C)C(=O)CC(CN)N1CCN(c2ncccn2)CC1. The Morgan fingerprint density at radius 3 is 2.43 bits per heavy atom. The minimum atomic E-state index is 0.110. The van der Waals surface area contributed by atoms with E-state index in [9.17, 15) is 4.79 Å². The zero-order valence-electron chi connectivity index (χ0n) is 12.8. The molecule has 1 aliphatic heterocycles. The van der Waals surface area contributed by atoms with Crippen LogP contribution >= 0.6 is 0 Å². The maximum absolute atomic E-state index is 11.9. The molecule has 0 radical (unpaired) electrons. The minimum Gasteiger partial charge on any atom is -0.349 e.